The molecule has 2 rings (SSSR count). The Morgan fingerprint density at radius 2 is 2.28 bits per heavy atom. The van der Waals surface area contributed by atoms with Crippen LogP contribution >= 0.6 is 11.6 Å². The predicted octanol–water partition coefficient (Wildman–Crippen LogP) is 2.94. The van der Waals surface area contributed by atoms with Crippen LogP contribution in [0.15, 0.2) is 18.2 Å². The molecule has 0 aromatic heterocycles. The van der Waals surface area contributed by atoms with E-state index in [1.807, 2.05) is 0 Å². The van der Waals surface area contributed by atoms with Gasteiger partial charge in [0.1, 0.15) is 5.75 Å². The molecule has 1 saturated carbocycles. The molecular weight excluding hydrogens is 254 g/mol. The number of aromatic hydroxyl groups is 1. The van der Waals surface area contributed by atoms with E-state index < -0.39 is 0 Å². The highest BCUT2D eigenvalue weighted by Gasteiger charge is 2.38. The van der Waals surface area contributed by atoms with Gasteiger partial charge in [0.05, 0.1) is 17.0 Å². The van der Waals surface area contributed by atoms with Crippen LogP contribution in [0.1, 0.15) is 25.7 Å². The van der Waals surface area contributed by atoms with E-state index in [2.05, 4.69) is 5.32 Å². The number of nitrogens with one attached hydrogen (secondary N) is 1. The average Bonchev–Trinajstić information content (AvgIpc) is 2.29. The standard InChI is InChI=1S/C13H16ClNO3/c1-18-13(5-2-6-13)8-12(17)15-9-3-4-10(14)11(16)7-9/h3-4,7,16H,2,5-6,8H2,1H3,(H,15,17). The quantitative estimate of drug-likeness (QED) is 0.884. The van der Waals surface area contributed by atoms with Crippen molar-refractivity contribution in [1.82, 2.24) is 0 Å². The molecule has 0 bridgehead atoms. The SMILES string of the molecule is COC1(CC(=O)Nc2ccc(Cl)c(O)c2)CCC1. The fraction of sp³-hybridized carbons (Fsp3) is 0.462. The van der Waals surface area contributed by atoms with Gasteiger partial charge >= 0.3 is 0 Å². The first kappa shape index (κ1) is 13.2. The van der Waals surface area contributed by atoms with E-state index in [-0.39, 0.29) is 22.3 Å². The van der Waals surface area contributed by atoms with Gasteiger partial charge in [-0.3, -0.25) is 4.79 Å². The molecule has 1 amide bonds. The smallest absolute Gasteiger partial charge is 0.227 e. The molecule has 0 heterocycles. The number of methoxy groups -OCH3 is 1. The van der Waals surface area contributed by atoms with E-state index in [4.69, 9.17) is 16.3 Å². The predicted molar refractivity (Wildman–Crippen MR) is 70.0 cm³/mol. The summed E-state index contributed by atoms with van der Waals surface area (Å²) < 4.78 is 5.39. The maximum Gasteiger partial charge on any atom is 0.227 e. The van der Waals surface area contributed by atoms with Crippen LogP contribution in [0.5, 0.6) is 5.75 Å². The summed E-state index contributed by atoms with van der Waals surface area (Å²) in [6.07, 6.45) is 3.28. The minimum Gasteiger partial charge on any atom is -0.506 e. The zero-order valence-electron chi connectivity index (χ0n) is 10.2. The second kappa shape index (κ2) is 5.16. The van der Waals surface area contributed by atoms with Crippen molar-refractivity contribution in [1.29, 1.82) is 0 Å². The summed E-state index contributed by atoms with van der Waals surface area (Å²) in [7, 11) is 1.64. The van der Waals surface area contributed by atoms with Crippen LogP contribution in [-0.2, 0) is 9.53 Å². The molecule has 4 nitrogen and oxygen atoms in total. The number of benzene rings is 1. The van der Waals surface area contributed by atoms with Crippen molar-refractivity contribution in [2.45, 2.75) is 31.3 Å². The highest BCUT2D eigenvalue weighted by atomic mass is 35.5. The van der Waals surface area contributed by atoms with E-state index in [1.54, 1.807) is 19.2 Å². The average molecular weight is 270 g/mol. The fourth-order valence-electron chi connectivity index (χ4n) is 2.11. The number of phenolic OH excluding ortho intramolecular Hbond substituents is 1. The molecule has 0 aliphatic heterocycles. The Morgan fingerprint density at radius 1 is 1.56 bits per heavy atom. The summed E-state index contributed by atoms with van der Waals surface area (Å²) >= 11 is 5.69. The number of amides is 1. The molecule has 98 valence electrons. The maximum atomic E-state index is 11.9. The molecular formula is C13H16ClNO3. The maximum absolute atomic E-state index is 11.9. The molecule has 1 aromatic rings. The lowest BCUT2D eigenvalue weighted by atomic mass is 9.77. The first-order chi connectivity index (χ1) is 8.54. The topological polar surface area (TPSA) is 58.6 Å². The second-order valence-corrected chi connectivity index (χ2v) is 5.04. The molecule has 1 fully saturated rings. The molecule has 5 heteroatoms. The number of hydrogen-bond acceptors (Lipinski definition) is 3. The molecule has 0 atom stereocenters. The van der Waals surface area contributed by atoms with Gasteiger partial charge in [-0.1, -0.05) is 11.6 Å². The number of anilines is 1. The summed E-state index contributed by atoms with van der Waals surface area (Å²) in [5.74, 6) is -0.155. The third-order valence-electron chi connectivity index (χ3n) is 3.41. The molecule has 1 aliphatic carbocycles. The fourth-order valence-corrected chi connectivity index (χ4v) is 2.23. The lowest BCUT2D eigenvalue weighted by Crippen LogP contribution is -2.42. The number of phenols is 1. The molecule has 18 heavy (non-hydrogen) atoms. The highest BCUT2D eigenvalue weighted by molar-refractivity contribution is 6.32. The Bertz CT molecular complexity index is 452. The van der Waals surface area contributed by atoms with Gasteiger partial charge in [0, 0.05) is 18.9 Å². The van der Waals surface area contributed by atoms with Crippen molar-refractivity contribution in [3.8, 4) is 5.75 Å². The normalized spacial score (nSPS) is 17.0. The number of hydrogen-bond donors (Lipinski definition) is 2. The number of carbonyl (C=O) groups is 1. The number of carbonyl (C=O) groups excluding carboxylic acids is 1. The van der Waals surface area contributed by atoms with Gasteiger partial charge in [-0.2, -0.15) is 0 Å². The summed E-state index contributed by atoms with van der Waals surface area (Å²) in [6, 6.07) is 4.63. The zero-order chi connectivity index (χ0) is 13.2. The summed E-state index contributed by atoms with van der Waals surface area (Å²) in [4.78, 5) is 11.9. The largest absolute Gasteiger partial charge is 0.506 e. The molecule has 0 radical (unpaired) electrons. The van der Waals surface area contributed by atoms with Crippen LogP contribution in [0, 0.1) is 0 Å². The lowest BCUT2D eigenvalue weighted by molar-refractivity contribution is -0.129. The molecule has 0 saturated heterocycles. The Kier molecular flexibility index (Phi) is 3.78. The van der Waals surface area contributed by atoms with E-state index in [9.17, 15) is 9.90 Å². The van der Waals surface area contributed by atoms with E-state index >= 15 is 0 Å². The molecule has 1 aliphatic rings. The third kappa shape index (κ3) is 2.76. The number of ether oxygens (including phenoxy) is 1. The summed E-state index contributed by atoms with van der Waals surface area (Å²) in [5, 5.41) is 12.4. The van der Waals surface area contributed by atoms with Crippen LogP contribution in [0.25, 0.3) is 0 Å². The number of halogens is 1. The van der Waals surface area contributed by atoms with Gasteiger partial charge in [-0.15, -0.1) is 0 Å². The third-order valence-corrected chi connectivity index (χ3v) is 3.73. The van der Waals surface area contributed by atoms with Gasteiger partial charge in [0.15, 0.2) is 0 Å². The first-order valence-electron chi connectivity index (χ1n) is 5.88. The second-order valence-electron chi connectivity index (χ2n) is 4.63. The zero-order valence-corrected chi connectivity index (χ0v) is 11.0. The van der Waals surface area contributed by atoms with Crippen LogP contribution in [-0.4, -0.2) is 23.7 Å². The van der Waals surface area contributed by atoms with Crippen LogP contribution in [0.3, 0.4) is 0 Å². The van der Waals surface area contributed by atoms with Crippen LogP contribution in [0.2, 0.25) is 5.02 Å². The van der Waals surface area contributed by atoms with Crippen LogP contribution < -0.4 is 5.32 Å². The van der Waals surface area contributed by atoms with E-state index in [0.29, 0.717) is 12.1 Å². The Balaban J connectivity index is 1.96. The molecule has 2 N–H and O–H groups in total. The Hall–Kier alpha value is -1.26. The van der Waals surface area contributed by atoms with Crippen molar-refractivity contribution in [2.75, 3.05) is 12.4 Å². The Labute approximate surface area is 111 Å². The molecule has 1 aromatic carbocycles. The minimum absolute atomic E-state index is 0.0421. The molecule has 0 unspecified atom stereocenters. The van der Waals surface area contributed by atoms with Gasteiger partial charge in [-0.05, 0) is 31.4 Å². The summed E-state index contributed by atoms with van der Waals surface area (Å²) in [6.45, 7) is 0. The highest BCUT2D eigenvalue weighted by Crippen LogP contribution is 2.38. The van der Waals surface area contributed by atoms with Crippen molar-refractivity contribution < 1.29 is 14.6 Å². The Morgan fingerprint density at radius 3 is 2.78 bits per heavy atom. The number of rotatable bonds is 4. The van der Waals surface area contributed by atoms with E-state index in [0.717, 1.165) is 19.3 Å². The van der Waals surface area contributed by atoms with Crippen molar-refractivity contribution >= 4 is 23.2 Å². The monoisotopic (exact) mass is 269 g/mol. The van der Waals surface area contributed by atoms with Crippen LogP contribution in [0.4, 0.5) is 5.69 Å². The van der Waals surface area contributed by atoms with Gasteiger partial charge in [0.25, 0.3) is 0 Å². The molecule has 0 spiro atoms. The van der Waals surface area contributed by atoms with Crippen molar-refractivity contribution in [2.24, 2.45) is 0 Å². The first-order valence-corrected chi connectivity index (χ1v) is 6.26. The minimum atomic E-state index is -0.293. The van der Waals surface area contributed by atoms with E-state index in [1.165, 1.54) is 6.07 Å². The summed E-state index contributed by atoms with van der Waals surface area (Å²) in [5.41, 5.74) is 0.242. The lowest BCUT2D eigenvalue weighted by Gasteiger charge is -2.39. The van der Waals surface area contributed by atoms with Gasteiger partial charge in [0.2, 0.25) is 5.91 Å². The van der Waals surface area contributed by atoms with Gasteiger partial charge in [-0.25, -0.2) is 0 Å². The van der Waals surface area contributed by atoms with Crippen molar-refractivity contribution in [3.05, 3.63) is 23.2 Å². The van der Waals surface area contributed by atoms with Crippen molar-refractivity contribution in [3.63, 3.8) is 0 Å². The van der Waals surface area contributed by atoms with Gasteiger partial charge < -0.3 is 15.2 Å².